The number of amides is 1. The van der Waals surface area contributed by atoms with E-state index in [-0.39, 0.29) is 17.3 Å². The van der Waals surface area contributed by atoms with Crippen molar-refractivity contribution >= 4 is 11.9 Å². The minimum Gasteiger partial charge on any atom is -0.467 e. The quantitative estimate of drug-likeness (QED) is 0.735. The SMILES string of the molecule is COC(=O)[C@H](C[C@@H]1C[C@H](COCc2ccccc2)C1(C)C)NC(C)=O. The van der Waals surface area contributed by atoms with Crippen LogP contribution in [0.2, 0.25) is 0 Å². The lowest BCUT2D eigenvalue weighted by Crippen LogP contribution is -2.51. The van der Waals surface area contributed by atoms with E-state index in [1.807, 2.05) is 18.2 Å². The van der Waals surface area contributed by atoms with Gasteiger partial charge in [-0.1, -0.05) is 44.2 Å². The summed E-state index contributed by atoms with van der Waals surface area (Å²) in [5.74, 6) is 0.218. The highest BCUT2D eigenvalue weighted by Crippen LogP contribution is 2.53. The Morgan fingerprint density at radius 2 is 1.92 bits per heavy atom. The number of ether oxygens (including phenoxy) is 2. The Balaban J connectivity index is 1.83. The van der Waals surface area contributed by atoms with Crippen molar-refractivity contribution in [1.29, 1.82) is 0 Å². The van der Waals surface area contributed by atoms with E-state index in [9.17, 15) is 9.59 Å². The van der Waals surface area contributed by atoms with E-state index in [1.165, 1.54) is 19.6 Å². The summed E-state index contributed by atoms with van der Waals surface area (Å²) < 4.78 is 10.7. The van der Waals surface area contributed by atoms with E-state index in [4.69, 9.17) is 9.47 Å². The van der Waals surface area contributed by atoms with Crippen molar-refractivity contribution in [1.82, 2.24) is 5.32 Å². The molecule has 0 unspecified atom stereocenters. The van der Waals surface area contributed by atoms with Gasteiger partial charge in [-0.05, 0) is 35.7 Å². The maximum absolute atomic E-state index is 11.9. The summed E-state index contributed by atoms with van der Waals surface area (Å²) in [5, 5.41) is 2.70. The van der Waals surface area contributed by atoms with E-state index in [0.717, 1.165) is 6.42 Å². The third-order valence-corrected chi connectivity index (χ3v) is 5.49. The van der Waals surface area contributed by atoms with Crippen LogP contribution in [-0.4, -0.2) is 31.6 Å². The molecule has 138 valence electrons. The van der Waals surface area contributed by atoms with Crippen LogP contribution in [0.5, 0.6) is 0 Å². The van der Waals surface area contributed by atoms with Gasteiger partial charge in [-0.15, -0.1) is 0 Å². The monoisotopic (exact) mass is 347 g/mol. The zero-order valence-corrected chi connectivity index (χ0v) is 15.6. The Hall–Kier alpha value is -1.88. The number of carbonyl (C=O) groups excluding carboxylic acids is 2. The maximum atomic E-state index is 11.9. The normalized spacial score (nSPS) is 22.6. The molecule has 0 radical (unpaired) electrons. The second-order valence-electron chi connectivity index (χ2n) is 7.46. The molecule has 3 atom stereocenters. The van der Waals surface area contributed by atoms with Crippen molar-refractivity contribution in [2.45, 2.75) is 46.3 Å². The van der Waals surface area contributed by atoms with Crippen LogP contribution in [-0.2, 0) is 25.7 Å². The standard InChI is InChI=1S/C20H29NO4/c1-14(22)21-18(19(23)24-4)11-16-10-17(20(16,2)3)13-25-12-15-8-6-5-7-9-15/h5-9,16-18H,10-13H2,1-4H3,(H,21,22)/t16-,17+,18-/m0/s1. The fraction of sp³-hybridized carbons (Fsp3) is 0.600. The van der Waals surface area contributed by atoms with Gasteiger partial charge in [-0.2, -0.15) is 0 Å². The molecule has 0 aromatic heterocycles. The molecule has 1 saturated carbocycles. The summed E-state index contributed by atoms with van der Waals surface area (Å²) in [7, 11) is 1.35. The van der Waals surface area contributed by atoms with E-state index in [0.29, 0.717) is 31.5 Å². The predicted molar refractivity (Wildman–Crippen MR) is 95.7 cm³/mol. The number of hydrogen-bond donors (Lipinski definition) is 1. The average molecular weight is 347 g/mol. The Morgan fingerprint density at radius 3 is 2.48 bits per heavy atom. The first kappa shape index (κ1) is 19.4. The molecule has 1 aromatic carbocycles. The molecule has 5 heteroatoms. The number of carbonyl (C=O) groups is 2. The molecule has 1 fully saturated rings. The molecule has 0 aliphatic heterocycles. The third-order valence-electron chi connectivity index (χ3n) is 5.49. The first-order valence-electron chi connectivity index (χ1n) is 8.81. The molecule has 0 heterocycles. The smallest absolute Gasteiger partial charge is 0.328 e. The Kier molecular flexibility index (Phi) is 6.59. The highest BCUT2D eigenvalue weighted by Gasteiger charge is 2.49. The number of benzene rings is 1. The van der Waals surface area contributed by atoms with Gasteiger partial charge in [0.2, 0.25) is 5.91 Å². The fourth-order valence-electron chi connectivity index (χ4n) is 3.59. The summed E-state index contributed by atoms with van der Waals surface area (Å²) in [5.41, 5.74) is 1.24. The maximum Gasteiger partial charge on any atom is 0.328 e. The first-order valence-corrected chi connectivity index (χ1v) is 8.81. The number of hydrogen-bond acceptors (Lipinski definition) is 4. The van der Waals surface area contributed by atoms with Crippen molar-refractivity contribution in [3.63, 3.8) is 0 Å². The summed E-state index contributed by atoms with van der Waals surface area (Å²) >= 11 is 0. The van der Waals surface area contributed by atoms with Crippen LogP contribution >= 0.6 is 0 Å². The van der Waals surface area contributed by atoms with E-state index in [2.05, 4.69) is 31.3 Å². The van der Waals surface area contributed by atoms with E-state index < -0.39 is 6.04 Å². The molecule has 0 spiro atoms. The Labute approximate surface area is 150 Å². The molecule has 25 heavy (non-hydrogen) atoms. The van der Waals surface area contributed by atoms with Crippen LogP contribution in [0.1, 0.15) is 39.2 Å². The zero-order valence-electron chi connectivity index (χ0n) is 15.6. The molecule has 0 saturated heterocycles. The molecule has 1 N–H and O–H groups in total. The fourth-order valence-corrected chi connectivity index (χ4v) is 3.59. The van der Waals surface area contributed by atoms with Crippen LogP contribution in [0.4, 0.5) is 0 Å². The van der Waals surface area contributed by atoms with Crippen molar-refractivity contribution < 1.29 is 19.1 Å². The van der Waals surface area contributed by atoms with Gasteiger partial charge in [0.1, 0.15) is 6.04 Å². The van der Waals surface area contributed by atoms with Crippen molar-refractivity contribution in [2.24, 2.45) is 17.3 Å². The van der Waals surface area contributed by atoms with Gasteiger partial charge in [-0.3, -0.25) is 4.79 Å². The Morgan fingerprint density at radius 1 is 1.24 bits per heavy atom. The summed E-state index contributed by atoms with van der Waals surface area (Å²) in [4.78, 5) is 23.2. The lowest BCUT2D eigenvalue weighted by molar-refractivity contribution is -0.147. The highest BCUT2D eigenvalue weighted by atomic mass is 16.5. The molecule has 2 rings (SSSR count). The van der Waals surface area contributed by atoms with E-state index >= 15 is 0 Å². The molecule has 1 amide bonds. The van der Waals surface area contributed by atoms with Gasteiger partial charge in [0, 0.05) is 6.92 Å². The number of esters is 1. The number of nitrogens with one attached hydrogen (secondary N) is 1. The number of methoxy groups -OCH3 is 1. The van der Waals surface area contributed by atoms with Gasteiger partial charge in [0.05, 0.1) is 20.3 Å². The summed E-state index contributed by atoms with van der Waals surface area (Å²) in [6.45, 7) is 7.16. The third kappa shape index (κ3) is 5.05. The molecule has 1 aliphatic rings. The van der Waals surface area contributed by atoms with Crippen LogP contribution < -0.4 is 5.32 Å². The summed E-state index contributed by atoms with van der Waals surface area (Å²) in [6, 6.07) is 9.56. The molecule has 1 aromatic rings. The lowest BCUT2D eigenvalue weighted by atomic mass is 9.53. The molecule has 0 bridgehead atoms. The van der Waals surface area contributed by atoms with Crippen molar-refractivity contribution in [3.8, 4) is 0 Å². The molecule has 5 nitrogen and oxygen atoms in total. The lowest BCUT2D eigenvalue weighted by Gasteiger charge is -2.53. The largest absolute Gasteiger partial charge is 0.467 e. The van der Waals surface area contributed by atoms with Gasteiger partial charge in [0.25, 0.3) is 0 Å². The minimum atomic E-state index is -0.571. The Bertz CT molecular complexity index is 585. The molecular formula is C20H29NO4. The van der Waals surface area contributed by atoms with Crippen LogP contribution in [0.3, 0.4) is 0 Å². The molecule has 1 aliphatic carbocycles. The average Bonchev–Trinajstić information content (AvgIpc) is 2.59. The highest BCUT2D eigenvalue weighted by molar-refractivity contribution is 5.83. The van der Waals surface area contributed by atoms with Gasteiger partial charge < -0.3 is 14.8 Å². The van der Waals surface area contributed by atoms with Crippen molar-refractivity contribution in [3.05, 3.63) is 35.9 Å². The van der Waals surface area contributed by atoms with Gasteiger partial charge >= 0.3 is 5.97 Å². The topological polar surface area (TPSA) is 64.6 Å². The van der Waals surface area contributed by atoms with Crippen LogP contribution in [0.15, 0.2) is 30.3 Å². The minimum absolute atomic E-state index is 0.0709. The second kappa shape index (κ2) is 8.48. The predicted octanol–water partition coefficient (Wildman–Crippen LogP) is 2.93. The number of rotatable bonds is 8. The second-order valence-corrected chi connectivity index (χ2v) is 7.46. The van der Waals surface area contributed by atoms with Gasteiger partial charge in [-0.25, -0.2) is 4.79 Å². The first-order chi connectivity index (χ1) is 11.8. The van der Waals surface area contributed by atoms with Crippen LogP contribution in [0, 0.1) is 17.3 Å². The van der Waals surface area contributed by atoms with E-state index in [1.54, 1.807) is 0 Å². The van der Waals surface area contributed by atoms with Crippen molar-refractivity contribution in [2.75, 3.05) is 13.7 Å². The van der Waals surface area contributed by atoms with Crippen LogP contribution in [0.25, 0.3) is 0 Å². The van der Waals surface area contributed by atoms with Gasteiger partial charge in [0.15, 0.2) is 0 Å². The molecular weight excluding hydrogens is 318 g/mol. The summed E-state index contributed by atoms with van der Waals surface area (Å²) in [6.07, 6.45) is 1.60. The zero-order chi connectivity index (χ0) is 18.4.